The molecule has 1 N–H and O–H groups in total. The molecule has 0 bridgehead atoms. The maximum absolute atomic E-state index is 3.56. The summed E-state index contributed by atoms with van der Waals surface area (Å²) >= 11 is 3.45. The van der Waals surface area contributed by atoms with Crippen molar-refractivity contribution >= 4 is 15.9 Å². The molecule has 0 spiro atoms. The van der Waals surface area contributed by atoms with Gasteiger partial charge < -0.3 is 10.2 Å². The maximum Gasteiger partial charge on any atom is 0.0208 e. The Bertz CT molecular complexity index is 307. The van der Waals surface area contributed by atoms with Gasteiger partial charge in [0.2, 0.25) is 0 Å². The van der Waals surface area contributed by atoms with Crippen LogP contribution < -0.4 is 5.32 Å². The van der Waals surface area contributed by atoms with E-state index in [4.69, 9.17) is 0 Å². The summed E-state index contributed by atoms with van der Waals surface area (Å²) in [4.78, 5) is 2.44. The molecule has 0 aromatic heterocycles. The van der Waals surface area contributed by atoms with Crippen molar-refractivity contribution < 1.29 is 0 Å². The predicted molar refractivity (Wildman–Crippen MR) is 78.2 cm³/mol. The van der Waals surface area contributed by atoms with Crippen molar-refractivity contribution in [2.75, 3.05) is 19.6 Å². The molecule has 1 aromatic rings. The fraction of sp³-hybridized carbons (Fsp3) is 0.571. The number of nitrogens with one attached hydrogen (secondary N) is 1. The first-order valence-electron chi connectivity index (χ1n) is 6.35. The summed E-state index contributed by atoms with van der Waals surface area (Å²) in [6.07, 6.45) is 0. The standard InChI is InChI=1S/C14H23BrN2/c1-4-17(5-2)11-12(3)16-10-13-6-8-14(15)9-7-13/h6-9,12,16H,4-5,10-11H2,1-3H3. The Hall–Kier alpha value is -0.380. The van der Waals surface area contributed by atoms with Crippen LogP contribution in [0.25, 0.3) is 0 Å². The van der Waals surface area contributed by atoms with Crippen molar-refractivity contribution in [2.24, 2.45) is 0 Å². The van der Waals surface area contributed by atoms with Gasteiger partial charge in [0, 0.05) is 23.6 Å². The van der Waals surface area contributed by atoms with Gasteiger partial charge in [0.1, 0.15) is 0 Å². The van der Waals surface area contributed by atoms with Crippen molar-refractivity contribution in [3.8, 4) is 0 Å². The van der Waals surface area contributed by atoms with Crippen LogP contribution in [-0.4, -0.2) is 30.6 Å². The molecule has 1 atom stereocenters. The zero-order valence-corrected chi connectivity index (χ0v) is 12.6. The highest BCUT2D eigenvalue weighted by molar-refractivity contribution is 9.10. The number of halogens is 1. The van der Waals surface area contributed by atoms with Gasteiger partial charge in [0.05, 0.1) is 0 Å². The maximum atomic E-state index is 3.56. The number of hydrogen-bond donors (Lipinski definition) is 1. The summed E-state index contributed by atoms with van der Waals surface area (Å²) in [6.45, 7) is 11.0. The lowest BCUT2D eigenvalue weighted by Gasteiger charge is -2.23. The summed E-state index contributed by atoms with van der Waals surface area (Å²) in [7, 11) is 0. The molecule has 3 heteroatoms. The normalized spacial score (nSPS) is 13.0. The van der Waals surface area contributed by atoms with Crippen LogP contribution in [0.4, 0.5) is 0 Å². The van der Waals surface area contributed by atoms with E-state index in [0.29, 0.717) is 6.04 Å². The van der Waals surface area contributed by atoms with Gasteiger partial charge in [-0.15, -0.1) is 0 Å². The van der Waals surface area contributed by atoms with Gasteiger partial charge in [-0.1, -0.05) is 41.9 Å². The van der Waals surface area contributed by atoms with E-state index in [1.807, 2.05) is 0 Å². The molecule has 0 fully saturated rings. The van der Waals surface area contributed by atoms with Gasteiger partial charge in [-0.2, -0.15) is 0 Å². The molecule has 17 heavy (non-hydrogen) atoms. The fourth-order valence-electron chi connectivity index (χ4n) is 1.83. The van der Waals surface area contributed by atoms with E-state index in [1.54, 1.807) is 0 Å². The highest BCUT2D eigenvalue weighted by atomic mass is 79.9. The second-order valence-electron chi connectivity index (χ2n) is 4.39. The number of likely N-dealkylation sites (N-methyl/N-ethyl adjacent to an activating group) is 1. The van der Waals surface area contributed by atoms with E-state index in [9.17, 15) is 0 Å². The largest absolute Gasteiger partial charge is 0.309 e. The van der Waals surface area contributed by atoms with E-state index >= 15 is 0 Å². The van der Waals surface area contributed by atoms with E-state index < -0.39 is 0 Å². The topological polar surface area (TPSA) is 15.3 Å². The Kier molecular flexibility index (Phi) is 6.78. The second kappa shape index (κ2) is 7.85. The third kappa shape index (κ3) is 5.66. The number of rotatable bonds is 7. The molecule has 1 unspecified atom stereocenters. The van der Waals surface area contributed by atoms with Crippen LogP contribution in [0.2, 0.25) is 0 Å². The summed E-state index contributed by atoms with van der Waals surface area (Å²) in [5.74, 6) is 0. The summed E-state index contributed by atoms with van der Waals surface area (Å²) in [5.41, 5.74) is 1.33. The molecule has 96 valence electrons. The third-order valence-corrected chi connectivity index (χ3v) is 3.52. The molecule has 0 radical (unpaired) electrons. The summed E-state index contributed by atoms with van der Waals surface area (Å²) in [5, 5.41) is 3.56. The van der Waals surface area contributed by atoms with Crippen molar-refractivity contribution in [2.45, 2.75) is 33.4 Å². The van der Waals surface area contributed by atoms with Gasteiger partial charge in [-0.25, -0.2) is 0 Å². The van der Waals surface area contributed by atoms with Crippen LogP contribution in [-0.2, 0) is 6.54 Å². The van der Waals surface area contributed by atoms with E-state index in [0.717, 1.165) is 30.7 Å². The number of hydrogen-bond acceptors (Lipinski definition) is 2. The van der Waals surface area contributed by atoms with Crippen molar-refractivity contribution in [1.29, 1.82) is 0 Å². The van der Waals surface area contributed by atoms with Gasteiger partial charge in [-0.05, 0) is 37.7 Å². The zero-order valence-electron chi connectivity index (χ0n) is 11.0. The highest BCUT2D eigenvalue weighted by Crippen LogP contribution is 2.10. The Balaban J connectivity index is 2.32. The minimum absolute atomic E-state index is 0.526. The molecule has 0 saturated carbocycles. The van der Waals surface area contributed by atoms with Crippen molar-refractivity contribution in [3.05, 3.63) is 34.3 Å². The average Bonchev–Trinajstić information content (AvgIpc) is 2.35. The smallest absolute Gasteiger partial charge is 0.0208 e. The van der Waals surface area contributed by atoms with E-state index in [-0.39, 0.29) is 0 Å². The molecular formula is C14H23BrN2. The van der Waals surface area contributed by atoms with Crippen molar-refractivity contribution in [1.82, 2.24) is 10.2 Å². The SMILES string of the molecule is CCN(CC)CC(C)NCc1ccc(Br)cc1. The molecule has 0 amide bonds. The van der Waals surface area contributed by atoms with Crippen LogP contribution >= 0.6 is 15.9 Å². The minimum atomic E-state index is 0.526. The molecule has 0 aliphatic heterocycles. The second-order valence-corrected chi connectivity index (χ2v) is 5.31. The van der Waals surface area contributed by atoms with Crippen LogP contribution in [0, 0.1) is 0 Å². The first-order valence-corrected chi connectivity index (χ1v) is 7.15. The zero-order chi connectivity index (χ0) is 12.7. The molecule has 2 nitrogen and oxygen atoms in total. The van der Waals surface area contributed by atoms with E-state index in [2.05, 4.69) is 71.2 Å². The third-order valence-electron chi connectivity index (χ3n) is 2.99. The molecule has 0 aliphatic carbocycles. The van der Waals surface area contributed by atoms with Crippen LogP contribution in [0.3, 0.4) is 0 Å². The lowest BCUT2D eigenvalue weighted by molar-refractivity contribution is 0.270. The highest BCUT2D eigenvalue weighted by Gasteiger charge is 2.06. The Morgan fingerprint density at radius 3 is 2.29 bits per heavy atom. The monoisotopic (exact) mass is 298 g/mol. The van der Waals surface area contributed by atoms with Gasteiger partial charge in [0.15, 0.2) is 0 Å². The number of nitrogens with zero attached hydrogens (tertiary/aromatic N) is 1. The molecule has 0 heterocycles. The minimum Gasteiger partial charge on any atom is -0.309 e. The quantitative estimate of drug-likeness (QED) is 0.831. The Labute approximate surface area is 114 Å². The van der Waals surface area contributed by atoms with Crippen LogP contribution in [0.1, 0.15) is 26.3 Å². The summed E-state index contributed by atoms with van der Waals surface area (Å²) in [6, 6.07) is 9.01. The first-order chi connectivity index (χ1) is 8.15. The summed E-state index contributed by atoms with van der Waals surface area (Å²) < 4.78 is 1.14. The van der Waals surface area contributed by atoms with Gasteiger partial charge in [-0.3, -0.25) is 0 Å². The van der Waals surface area contributed by atoms with Gasteiger partial charge in [0.25, 0.3) is 0 Å². The lowest BCUT2D eigenvalue weighted by atomic mass is 10.2. The molecule has 0 saturated heterocycles. The molecule has 1 rings (SSSR count). The average molecular weight is 299 g/mol. The number of benzene rings is 1. The van der Waals surface area contributed by atoms with E-state index in [1.165, 1.54) is 5.56 Å². The lowest BCUT2D eigenvalue weighted by Crippen LogP contribution is -2.38. The Morgan fingerprint density at radius 1 is 1.18 bits per heavy atom. The van der Waals surface area contributed by atoms with Crippen LogP contribution in [0.5, 0.6) is 0 Å². The molecule has 1 aromatic carbocycles. The Morgan fingerprint density at radius 2 is 1.76 bits per heavy atom. The molecule has 0 aliphatic rings. The van der Waals surface area contributed by atoms with Crippen molar-refractivity contribution in [3.63, 3.8) is 0 Å². The predicted octanol–water partition coefficient (Wildman–Crippen LogP) is 3.27. The fourth-order valence-corrected chi connectivity index (χ4v) is 2.09. The van der Waals surface area contributed by atoms with Gasteiger partial charge >= 0.3 is 0 Å². The van der Waals surface area contributed by atoms with Crippen LogP contribution in [0.15, 0.2) is 28.7 Å². The molecular weight excluding hydrogens is 276 g/mol. The first kappa shape index (κ1) is 14.7.